The van der Waals surface area contributed by atoms with Gasteiger partial charge >= 0.3 is 0 Å². The maximum atomic E-state index is 4.36. The number of guanidine groups is 1. The molecule has 2 heterocycles. The van der Waals surface area contributed by atoms with Gasteiger partial charge in [0.2, 0.25) is 0 Å². The second-order valence-electron chi connectivity index (χ2n) is 7.33. The summed E-state index contributed by atoms with van der Waals surface area (Å²) in [5.41, 5.74) is 3.89. The molecule has 0 bridgehead atoms. The van der Waals surface area contributed by atoms with Gasteiger partial charge in [-0.15, -0.1) is 0 Å². The van der Waals surface area contributed by atoms with E-state index in [4.69, 9.17) is 0 Å². The Hall–Kier alpha value is -3.15. The molecule has 0 amide bonds. The van der Waals surface area contributed by atoms with Gasteiger partial charge in [-0.2, -0.15) is 5.10 Å². The van der Waals surface area contributed by atoms with Gasteiger partial charge in [-0.1, -0.05) is 38.1 Å². The SMILES string of the molecule is CN=C(NCCCc1ccc(C(C)C)cc1)NCc1ccnc(-n2cccn2)c1. The van der Waals surface area contributed by atoms with Crippen molar-refractivity contribution < 1.29 is 0 Å². The molecule has 0 saturated carbocycles. The smallest absolute Gasteiger partial charge is 0.191 e. The lowest BCUT2D eigenvalue weighted by Gasteiger charge is -2.12. The summed E-state index contributed by atoms with van der Waals surface area (Å²) in [4.78, 5) is 8.67. The van der Waals surface area contributed by atoms with E-state index in [9.17, 15) is 0 Å². The molecular weight excluding hydrogens is 360 g/mol. The highest BCUT2D eigenvalue weighted by Gasteiger charge is 2.03. The van der Waals surface area contributed by atoms with Crippen molar-refractivity contribution in [1.29, 1.82) is 0 Å². The van der Waals surface area contributed by atoms with Crippen LogP contribution in [-0.4, -0.2) is 34.3 Å². The van der Waals surface area contributed by atoms with E-state index in [0.717, 1.165) is 36.7 Å². The number of nitrogens with one attached hydrogen (secondary N) is 2. The summed E-state index contributed by atoms with van der Waals surface area (Å²) in [5.74, 6) is 2.19. The van der Waals surface area contributed by atoms with Crippen LogP contribution >= 0.6 is 0 Å². The summed E-state index contributed by atoms with van der Waals surface area (Å²) >= 11 is 0. The zero-order valence-corrected chi connectivity index (χ0v) is 17.5. The second-order valence-corrected chi connectivity index (χ2v) is 7.33. The molecule has 1 aromatic carbocycles. The first kappa shape index (κ1) is 20.6. The van der Waals surface area contributed by atoms with Crippen molar-refractivity contribution >= 4 is 5.96 Å². The van der Waals surface area contributed by atoms with Crippen molar-refractivity contribution in [2.45, 2.75) is 39.2 Å². The lowest BCUT2D eigenvalue weighted by molar-refractivity contribution is 0.740. The van der Waals surface area contributed by atoms with Crippen LogP contribution in [0.25, 0.3) is 5.82 Å². The summed E-state index contributed by atoms with van der Waals surface area (Å²) in [6, 6.07) is 14.9. The number of aliphatic imine (C=N–C) groups is 1. The highest BCUT2D eigenvalue weighted by Crippen LogP contribution is 2.15. The van der Waals surface area contributed by atoms with E-state index in [1.54, 1.807) is 24.1 Å². The number of aryl methyl sites for hydroxylation is 1. The molecule has 0 unspecified atom stereocenters. The number of benzene rings is 1. The third-order valence-corrected chi connectivity index (χ3v) is 4.81. The average molecular weight is 391 g/mol. The first-order valence-corrected chi connectivity index (χ1v) is 10.1. The molecule has 2 N–H and O–H groups in total. The second kappa shape index (κ2) is 10.4. The molecule has 0 radical (unpaired) electrons. The molecular formula is C23H30N6. The van der Waals surface area contributed by atoms with Gasteiger partial charge in [0.15, 0.2) is 11.8 Å². The van der Waals surface area contributed by atoms with Crippen LogP contribution in [0.5, 0.6) is 0 Å². The lowest BCUT2D eigenvalue weighted by atomic mass is 10.0. The average Bonchev–Trinajstić information content (AvgIpc) is 3.29. The zero-order chi connectivity index (χ0) is 20.5. The molecule has 0 aliphatic heterocycles. The van der Waals surface area contributed by atoms with Gasteiger partial charge in [0.05, 0.1) is 0 Å². The van der Waals surface area contributed by atoms with Gasteiger partial charge in [0.25, 0.3) is 0 Å². The predicted molar refractivity (Wildman–Crippen MR) is 118 cm³/mol. The van der Waals surface area contributed by atoms with Crippen LogP contribution < -0.4 is 10.6 Å². The van der Waals surface area contributed by atoms with Crippen LogP contribution in [0, 0.1) is 0 Å². The van der Waals surface area contributed by atoms with Gasteiger partial charge in [-0.25, -0.2) is 9.67 Å². The van der Waals surface area contributed by atoms with Crippen LogP contribution in [-0.2, 0) is 13.0 Å². The molecule has 0 saturated heterocycles. The molecule has 6 nitrogen and oxygen atoms in total. The van der Waals surface area contributed by atoms with Gasteiger partial charge in [0, 0.05) is 38.7 Å². The van der Waals surface area contributed by atoms with Crippen molar-refractivity contribution in [1.82, 2.24) is 25.4 Å². The van der Waals surface area contributed by atoms with Gasteiger partial charge in [-0.05, 0) is 53.6 Å². The van der Waals surface area contributed by atoms with Crippen LogP contribution in [0.1, 0.15) is 42.9 Å². The standard InChI is InChI=1S/C23H30N6/c1-18(2)21-9-7-19(8-10-21)6-4-12-26-23(24-3)27-17-20-11-14-25-22(16-20)29-15-5-13-28-29/h5,7-11,13-16,18H,4,6,12,17H2,1-3H3,(H2,24,26,27). The molecule has 3 rings (SSSR count). The Labute approximate surface area is 173 Å². The minimum absolute atomic E-state index is 0.580. The monoisotopic (exact) mass is 390 g/mol. The number of hydrogen-bond donors (Lipinski definition) is 2. The maximum absolute atomic E-state index is 4.36. The van der Waals surface area contributed by atoms with Crippen LogP contribution in [0.15, 0.2) is 66.0 Å². The van der Waals surface area contributed by atoms with E-state index < -0.39 is 0 Å². The molecule has 0 spiro atoms. The molecule has 0 fully saturated rings. The summed E-state index contributed by atoms with van der Waals surface area (Å²) < 4.78 is 1.75. The normalized spacial score (nSPS) is 11.7. The number of rotatable bonds is 8. The quantitative estimate of drug-likeness (QED) is 0.350. The molecule has 6 heteroatoms. The predicted octanol–water partition coefficient (Wildman–Crippen LogP) is 3.69. The molecule has 152 valence electrons. The van der Waals surface area contributed by atoms with E-state index >= 15 is 0 Å². The Balaban J connectivity index is 1.42. The summed E-state index contributed by atoms with van der Waals surface area (Å²) in [6.07, 6.45) is 7.54. The van der Waals surface area contributed by atoms with E-state index in [1.807, 2.05) is 24.4 Å². The molecule has 3 aromatic rings. The summed E-state index contributed by atoms with van der Waals surface area (Å²) in [6.45, 7) is 6.00. The molecule has 0 atom stereocenters. The highest BCUT2D eigenvalue weighted by atomic mass is 15.3. The molecule has 29 heavy (non-hydrogen) atoms. The fraction of sp³-hybridized carbons (Fsp3) is 0.348. The number of aromatic nitrogens is 3. The van der Waals surface area contributed by atoms with E-state index in [-0.39, 0.29) is 0 Å². The lowest BCUT2D eigenvalue weighted by Crippen LogP contribution is -2.37. The number of hydrogen-bond acceptors (Lipinski definition) is 3. The maximum Gasteiger partial charge on any atom is 0.191 e. The van der Waals surface area contributed by atoms with E-state index in [0.29, 0.717) is 12.5 Å². The van der Waals surface area contributed by atoms with Gasteiger partial charge < -0.3 is 10.6 Å². The van der Waals surface area contributed by atoms with Gasteiger partial charge in [0.1, 0.15) is 0 Å². The van der Waals surface area contributed by atoms with Crippen molar-refractivity contribution in [2.24, 2.45) is 4.99 Å². The van der Waals surface area contributed by atoms with Crippen LogP contribution in [0.4, 0.5) is 0 Å². The first-order chi connectivity index (χ1) is 14.2. The Morgan fingerprint density at radius 3 is 2.59 bits per heavy atom. The van der Waals surface area contributed by atoms with Crippen molar-refractivity contribution in [3.63, 3.8) is 0 Å². The molecule has 2 aromatic heterocycles. The molecule has 0 aliphatic carbocycles. The Bertz CT molecular complexity index is 897. The third-order valence-electron chi connectivity index (χ3n) is 4.81. The first-order valence-electron chi connectivity index (χ1n) is 10.1. The fourth-order valence-corrected chi connectivity index (χ4v) is 3.08. The third kappa shape index (κ3) is 6.17. The highest BCUT2D eigenvalue weighted by molar-refractivity contribution is 5.79. The number of pyridine rings is 1. The Morgan fingerprint density at radius 2 is 1.90 bits per heavy atom. The van der Waals surface area contributed by atoms with E-state index in [2.05, 4.69) is 63.8 Å². The van der Waals surface area contributed by atoms with Crippen molar-refractivity contribution in [3.8, 4) is 5.82 Å². The topological polar surface area (TPSA) is 67.1 Å². The van der Waals surface area contributed by atoms with Crippen molar-refractivity contribution in [3.05, 3.63) is 77.7 Å². The van der Waals surface area contributed by atoms with Gasteiger partial charge in [-0.3, -0.25) is 4.99 Å². The number of nitrogens with zero attached hydrogens (tertiary/aromatic N) is 4. The minimum atomic E-state index is 0.580. The zero-order valence-electron chi connectivity index (χ0n) is 17.5. The Kier molecular flexibility index (Phi) is 7.39. The van der Waals surface area contributed by atoms with Crippen LogP contribution in [0.2, 0.25) is 0 Å². The molecule has 0 aliphatic rings. The summed E-state index contributed by atoms with van der Waals surface area (Å²) in [7, 11) is 1.79. The largest absolute Gasteiger partial charge is 0.356 e. The van der Waals surface area contributed by atoms with Crippen LogP contribution in [0.3, 0.4) is 0 Å². The van der Waals surface area contributed by atoms with E-state index in [1.165, 1.54) is 11.1 Å². The Morgan fingerprint density at radius 1 is 1.07 bits per heavy atom. The summed E-state index contributed by atoms with van der Waals surface area (Å²) in [5, 5.41) is 11.0. The van der Waals surface area contributed by atoms with Crippen molar-refractivity contribution in [2.75, 3.05) is 13.6 Å². The fourth-order valence-electron chi connectivity index (χ4n) is 3.08. The minimum Gasteiger partial charge on any atom is -0.356 e.